The molecule has 4 N–H and O–H groups in total. The first-order chi connectivity index (χ1) is 12.2. The fourth-order valence-corrected chi connectivity index (χ4v) is 1.20. The lowest BCUT2D eigenvalue weighted by Crippen LogP contribution is -3.00. The number of halogens is 4. The van der Waals surface area contributed by atoms with Crippen LogP contribution in [0.5, 0.6) is 0 Å². The number of hydrogen-bond acceptors (Lipinski definition) is 4. The van der Waals surface area contributed by atoms with Crippen molar-refractivity contribution in [3.05, 3.63) is 0 Å². The summed E-state index contributed by atoms with van der Waals surface area (Å²) in [7, 11) is 24.6. The number of quaternary nitrogens is 4. The van der Waals surface area contributed by atoms with E-state index in [0.717, 1.165) is 44.1 Å². The van der Waals surface area contributed by atoms with Gasteiger partial charge in [-0.2, -0.15) is 0 Å². The number of rotatable bonds is 8. The number of aliphatic hydroxyl groups excluding tert-OH is 4. The Labute approximate surface area is 224 Å². The molecule has 0 aromatic rings. The summed E-state index contributed by atoms with van der Waals surface area (Å²) in [6.07, 6.45) is 0. The van der Waals surface area contributed by atoms with Gasteiger partial charge in [0, 0.05) is 0 Å². The molecule has 0 fully saturated rings. The predicted octanol–water partition coefficient (Wildman–Crippen LogP) is -13.2. The maximum atomic E-state index is 8.39. The van der Waals surface area contributed by atoms with Crippen LogP contribution in [0.1, 0.15) is 0 Å². The molecule has 0 bridgehead atoms. The lowest BCUT2D eigenvalue weighted by atomic mass is 10.5. The molecular formula is C20H56Cl4N4O4. The van der Waals surface area contributed by atoms with Gasteiger partial charge in [0.1, 0.15) is 26.2 Å². The summed E-state index contributed by atoms with van der Waals surface area (Å²) in [6, 6.07) is 0. The molecule has 0 spiro atoms. The average Bonchev–Trinajstić information content (AvgIpc) is 2.34. The molecule has 0 rings (SSSR count). The highest BCUT2D eigenvalue weighted by Crippen LogP contribution is 1.86. The molecule has 208 valence electrons. The largest absolute Gasteiger partial charge is 1.00 e. The molecule has 0 unspecified atom stereocenters. The third-order valence-corrected chi connectivity index (χ3v) is 3.08. The van der Waals surface area contributed by atoms with Crippen LogP contribution in [0.25, 0.3) is 0 Å². The Morgan fingerprint density at radius 1 is 0.312 bits per heavy atom. The molecule has 0 heterocycles. The summed E-state index contributed by atoms with van der Waals surface area (Å²) in [6.45, 7) is 4.46. The van der Waals surface area contributed by atoms with Gasteiger partial charge in [0.25, 0.3) is 0 Å². The fraction of sp³-hybridized carbons (Fsp3) is 1.00. The van der Waals surface area contributed by atoms with E-state index in [2.05, 4.69) is 84.6 Å². The Morgan fingerprint density at radius 3 is 0.406 bits per heavy atom. The molecule has 0 saturated carbocycles. The van der Waals surface area contributed by atoms with Crippen molar-refractivity contribution in [1.82, 2.24) is 0 Å². The quantitative estimate of drug-likeness (QED) is 0.223. The minimum atomic E-state index is 0. The molecule has 12 heteroatoms. The molecular weight excluding hydrogens is 502 g/mol. The van der Waals surface area contributed by atoms with Gasteiger partial charge in [0.15, 0.2) is 0 Å². The van der Waals surface area contributed by atoms with E-state index in [1.165, 1.54) is 0 Å². The summed E-state index contributed by atoms with van der Waals surface area (Å²) in [4.78, 5) is 0. The zero-order valence-corrected chi connectivity index (χ0v) is 25.8. The van der Waals surface area contributed by atoms with Gasteiger partial charge < -0.3 is 88.0 Å². The van der Waals surface area contributed by atoms with Crippen molar-refractivity contribution >= 4 is 0 Å². The van der Waals surface area contributed by atoms with Gasteiger partial charge in [-0.1, -0.05) is 0 Å². The normalized spacial score (nSPS) is 10.5. The second-order valence-corrected chi connectivity index (χ2v) is 11.0. The van der Waals surface area contributed by atoms with E-state index in [1.54, 1.807) is 0 Å². The van der Waals surface area contributed by atoms with Crippen LogP contribution in [-0.4, -0.2) is 176 Å². The first-order valence-corrected chi connectivity index (χ1v) is 9.90. The predicted molar refractivity (Wildman–Crippen MR) is 120 cm³/mol. The van der Waals surface area contributed by atoms with Crippen LogP contribution in [0.15, 0.2) is 0 Å². The molecule has 0 aromatic carbocycles. The van der Waals surface area contributed by atoms with Crippen molar-refractivity contribution in [2.45, 2.75) is 0 Å². The van der Waals surface area contributed by atoms with Crippen molar-refractivity contribution in [2.24, 2.45) is 0 Å². The number of aliphatic hydroxyl groups is 4. The zero-order chi connectivity index (χ0) is 23.7. The summed E-state index contributed by atoms with van der Waals surface area (Å²) in [5.74, 6) is 0. The van der Waals surface area contributed by atoms with Crippen LogP contribution in [0, 0.1) is 0 Å². The standard InChI is InChI=1S/4C5H14NO.4ClH/c4*1-6(2,3)4-5-7;;;;/h4*7H,4-5H2,1-3H3;4*1H/q4*+1;;;;/p-4. The minimum Gasteiger partial charge on any atom is -1.00 e. The third kappa shape index (κ3) is 96.8. The molecule has 0 aliphatic carbocycles. The van der Waals surface area contributed by atoms with Crippen molar-refractivity contribution in [1.29, 1.82) is 0 Å². The lowest BCUT2D eigenvalue weighted by Gasteiger charge is -2.21. The van der Waals surface area contributed by atoms with Gasteiger partial charge in [-0.05, 0) is 0 Å². The molecule has 0 amide bonds. The first-order valence-electron chi connectivity index (χ1n) is 9.90. The minimum absolute atomic E-state index is 0. The molecule has 0 radical (unpaired) electrons. The molecule has 0 aromatic heterocycles. The first kappa shape index (κ1) is 54.0. The number of hydrogen-bond donors (Lipinski definition) is 4. The van der Waals surface area contributed by atoms with Gasteiger partial charge in [-0.25, -0.2) is 0 Å². The summed E-state index contributed by atoms with van der Waals surface area (Å²) < 4.78 is 3.38. The van der Waals surface area contributed by atoms with Crippen LogP contribution in [0.3, 0.4) is 0 Å². The highest BCUT2D eigenvalue weighted by molar-refractivity contribution is 4.20. The second-order valence-electron chi connectivity index (χ2n) is 11.0. The molecule has 8 nitrogen and oxygen atoms in total. The fourth-order valence-electron chi connectivity index (χ4n) is 1.20. The smallest absolute Gasteiger partial charge is 0.101 e. The van der Waals surface area contributed by atoms with Crippen LogP contribution >= 0.6 is 0 Å². The Hall–Kier alpha value is 0.840. The molecule has 32 heavy (non-hydrogen) atoms. The summed E-state index contributed by atoms with van der Waals surface area (Å²) >= 11 is 0. The number of nitrogens with zero attached hydrogens (tertiary/aromatic N) is 4. The van der Waals surface area contributed by atoms with Gasteiger partial charge in [0.2, 0.25) is 0 Å². The molecule has 0 aliphatic rings. The van der Waals surface area contributed by atoms with E-state index in [-0.39, 0.29) is 76.1 Å². The summed E-state index contributed by atoms with van der Waals surface area (Å²) in [5.41, 5.74) is 0. The Morgan fingerprint density at radius 2 is 0.406 bits per heavy atom. The summed E-state index contributed by atoms with van der Waals surface area (Å²) in [5, 5.41) is 33.5. The highest BCUT2D eigenvalue weighted by Gasteiger charge is 2.04. The topological polar surface area (TPSA) is 80.9 Å². The van der Waals surface area contributed by atoms with E-state index < -0.39 is 0 Å². The van der Waals surface area contributed by atoms with Crippen molar-refractivity contribution in [3.8, 4) is 0 Å². The van der Waals surface area contributed by atoms with Crippen LogP contribution in [0.2, 0.25) is 0 Å². The van der Waals surface area contributed by atoms with Gasteiger partial charge in [-0.15, -0.1) is 0 Å². The second kappa shape index (κ2) is 28.1. The monoisotopic (exact) mass is 556 g/mol. The van der Waals surface area contributed by atoms with Crippen molar-refractivity contribution in [3.63, 3.8) is 0 Å². The Balaban J connectivity index is -0.0000000384. The molecule has 0 atom stereocenters. The van der Waals surface area contributed by atoms with Crippen molar-refractivity contribution in [2.75, 3.05) is 137 Å². The van der Waals surface area contributed by atoms with E-state index >= 15 is 0 Å². The Kier molecular flexibility index (Phi) is 47.3. The van der Waals surface area contributed by atoms with Crippen LogP contribution in [0.4, 0.5) is 0 Å². The van der Waals surface area contributed by atoms with E-state index in [4.69, 9.17) is 20.4 Å². The molecule has 0 saturated heterocycles. The third-order valence-electron chi connectivity index (χ3n) is 3.08. The van der Waals surface area contributed by atoms with Gasteiger partial charge >= 0.3 is 0 Å². The van der Waals surface area contributed by atoms with Crippen LogP contribution in [-0.2, 0) is 0 Å². The van der Waals surface area contributed by atoms with Crippen LogP contribution < -0.4 is 49.6 Å². The Bertz CT molecular complexity index is 268. The van der Waals surface area contributed by atoms with Gasteiger partial charge in [-0.3, -0.25) is 0 Å². The molecule has 0 aliphatic heterocycles. The maximum absolute atomic E-state index is 8.39. The number of likely N-dealkylation sites (N-methyl/N-ethyl adjacent to an activating group) is 4. The highest BCUT2D eigenvalue weighted by atomic mass is 35.5. The van der Waals surface area contributed by atoms with E-state index in [0.29, 0.717) is 0 Å². The van der Waals surface area contributed by atoms with Gasteiger partial charge in [0.05, 0.1) is 111 Å². The zero-order valence-electron chi connectivity index (χ0n) is 22.7. The van der Waals surface area contributed by atoms with E-state index in [1.807, 2.05) is 0 Å². The van der Waals surface area contributed by atoms with Crippen molar-refractivity contribution < 1.29 is 88.0 Å². The average molecular weight is 559 g/mol. The van der Waals surface area contributed by atoms with E-state index in [9.17, 15) is 0 Å². The lowest BCUT2D eigenvalue weighted by molar-refractivity contribution is -0.870. The SMILES string of the molecule is C[N+](C)(C)CCO.C[N+](C)(C)CCO.C[N+](C)(C)CCO.C[N+](C)(C)CCO.[Cl-].[Cl-].[Cl-].[Cl-]. The maximum Gasteiger partial charge on any atom is 0.101 e.